The molecule has 3 N–H and O–H groups in total. The van der Waals surface area contributed by atoms with Crippen molar-refractivity contribution < 1.29 is 28.2 Å². The maximum absolute atomic E-state index is 14.4. The predicted molar refractivity (Wildman–Crippen MR) is 120 cm³/mol. The third kappa shape index (κ3) is 5.84. The Hall–Kier alpha value is -3.52. The van der Waals surface area contributed by atoms with Crippen LogP contribution in [0.25, 0.3) is 11.1 Å². The number of benzene rings is 2. The molecule has 33 heavy (non-hydrogen) atoms. The molecule has 0 unspecified atom stereocenters. The fourth-order valence-corrected chi connectivity index (χ4v) is 3.30. The van der Waals surface area contributed by atoms with Gasteiger partial charge in [-0.1, -0.05) is 38.1 Å². The maximum atomic E-state index is 14.4. The normalized spacial score (nSPS) is 12.8. The van der Waals surface area contributed by atoms with E-state index in [9.17, 15) is 18.7 Å². The van der Waals surface area contributed by atoms with E-state index in [1.54, 1.807) is 26.0 Å². The zero-order chi connectivity index (χ0) is 24.1. The Morgan fingerprint density at radius 3 is 2.48 bits per heavy atom. The lowest BCUT2D eigenvalue weighted by Crippen LogP contribution is -2.34. The smallest absolute Gasteiger partial charge is 0.345 e. The molecule has 0 bridgehead atoms. The third-order valence-electron chi connectivity index (χ3n) is 5.27. The van der Waals surface area contributed by atoms with E-state index in [-0.39, 0.29) is 5.75 Å². The summed E-state index contributed by atoms with van der Waals surface area (Å²) in [6.45, 7) is 5.69. The Kier molecular flexibility index (Phi) is 7.60. The molecule has 0 spiro atoms. The van der Waals surface area contributed by atoms with Crippen molar-refractivity contribution in [3.8, 4) is 28.6 Å². The van der Waals surface area contributed by atoms with Crippen LogP contribution in [0.4, 0.5) is 8.78 Å². The van der Waals surface area contributed by atoms with Crippen LogP contribution in [0.2, 0.25) is 0 Å². The zero-order valence-corrected chi connectivity index (χ0v) is 18.6. The van der Waals surface area contributed by atoms with Gasteiger partial charge in [-0.25, -0.2) is 13.6 Å². The average molecular weight is 456 g/mol. The molecule has 0 fully saturated rings. The molecule has 0 aliphatic heterocycles. The highest BCUT2D eigenvalue weighted by atomic mass is 19.1. The Balaban J connectivity index is 1.94. The maximum Gasteiger partial charge on any atom is 0.345 e. The summed E-state index contributed by atoms with van der Waals surface area (Å²) in [4.78, 5) is 15.3. The Morgan fingerprint density at radius 1 is 1.09 bits per heavy atom. The van der Waals surface area contributed by atoms with Crippen LogP contribution in [0, 0.1) is 24.5 Å². The lowest BCUT2D eigenvalue weighted by atomic mass is 10.0. The molecule has 3 rings (SSSR count). The summed E-state index contributed by atoms with van der Waals surface area (Å²) in [5.41, 5.74) is 9.26. The minimum Gasteiger partial charge on any atom is -0.478 e. The number of ether oxygens (including phenoxy) is 2. The number of hydrogen-bond acceptors (Lipinski definition) is 5. The number of aromatic nitrogens is 1. The number of nitrogens with zero attached hydrogens (tertiary/aromatic N) is 1. The van der Waals surface area contributed by atoms with Crippen molar-refractivity contribution in [1.29, 1.82) is 0 Å². The van der Waals surface area contributed by atoms with Gasteiger partial charge in [0.15, 0.2) is 17.7 Å². The first-order valence-corrected chi connectivity index (χ1v) is 10.6. The second-order valence-electron chi connectivity index (χ2n) is 7.87. The highest BCUT2D eigenvalue weighted by Crippen LogP contribution is 2.32. The molecule has 0 saturated heterocycles. The van der Waals surface area contributed by atoms with Crippen LogP contribution in [0.5, 0.6) is 17.5 Å². The first-order chi connectivity index (χ1) is 15.7. The third-order valence-corrected chi connectivity index (χ3v) is 5.27. The Morgan fingerprint density at radius 2 is 1.82 bits per heavy atom. The molecule has 0 amide bonds. The second kappa shape index (κ2) is 10.4. The molecule has 2 atom stereocenters. The predicted octanol–water partition coefficient (Wildman–Crippen LogP) is 5.46. The average Bonchev–Trinajstić information content (AvgIpc) is 2.79. The van der Waals surface area contributed by atoms with Crippen molar-refractivity contribution in [2.45, 2.75) is 39.8 Å². The van der Waals surface area contributed by atoms with Crippen molar-refractivity contribution in [1.82, 2.24) is 4.98 Å². The van der Waals surface area contributed by atoms with Gasteiger partial charge in [-0.05, 0) is 53.8 Å². The number of carboxylic acids is 1. The van der Waals surface area contributed by atoms with Gasteiger partial charge in [0, 0.05) is 18.5 Å². The first kappa shape index (κ1) is 24.1. The Bertz CT molecular complexity index is 1150. The van der Waals surface area contributed by atoms with Crippen LogP contribution in [-0.2, 0) is 11.3 Å². The number of halogens is 2. The van der Waals surface area contributed by atoms with Crippen LogP contribution >= 0.6 is 0 Å². The van der Waals surface area contributed by atoms with Crippen LogP contribution < -0.4 is 15.2 Å². The summed E-state index contributed by atoms with van der Waals surface area (Å²) in [6.07, 6.45) is -0.851. The molecule has 0 aliphatic rings. The molecule has 0 radical (unpaired) electrons. The van der Waals surface area contributed by atoms with E-state index in [1.807, 2.05) is 37.3 Å². The molecule has 1 aromatic heterocycles. The molecular weight excluding hydrogens is 430 g/mol. The largest absolute Gasteiger partial charge is 0.478 e. The quantitative estimate of drug-likeness (QED) is 0.444. The molecule has 2 aromatic carbocycles. The fourth-order valence-electron chi connectivity index (χ4n) is 3.30. The van der Waals surface area contributed by atoms with Gasteiger partial charge in [0.1, 0.15) is 5.75 Å². The summed E-state index contributed by atoms with van der Waals surface area (Å²) in [7, 11) is 0. The van der Waals surface area contributed by atoms with Crippen molar-refractivity contribution in [3.05, 3.63) is 71.3 Å². The van der Waals surface area contributed by atoms with Crippen molar-refractivity contribution in [3.63, 3.8) is 0 Å². The number of pyridine rings is 1. The Labute approximate surface area is 191 Å². The highest BCUT2D eigenvalue weighted by Gasteiger charge is 2.28. The molecule has 8 heteroatoms. The molecule has 3 aromatic rings. The number of carbonyl (C=O) groups is 1. The molecule has 0 aliphatic carbocycles. The zero-order valence-electron chi connectivity index (χ0n) is 18.6. The lowest BCUT2D eigenvalue weighted by molar-refractivity contribution is -0.147. The minimum absolute atomic E-state index is 0.281. The number of carboxylic acid groups (broad SMARTS) is 1. The fraction of sp³-hybridized carbons (Fsp3) is 0.280. The van der Waals surface area contributed by atoms with Crippen LogP contribution in [-0.4, -0.2) is 22.2 Å². The number of aliphatic carboxylic acids is 1. The monoisotopic (exact) mass is 456 g/mol. The second-order valence-corrected chi connectivity index (χ2v) is 7.87. The number of rotatable bonds is 9. The van der Waals surface area contributed by atoms with Gasteiger partial charge in [0.05, 0.1) is 0 Å². The SMILES string of the molecule is CC[C@@H](C)[C@@H](Oc1nc(Oc2cc(C)cc(-c3cccc(CN)c3)c2)c(F)cc1F)C(=O)O. The van der Waals surface area contributed by atoms with E-state index in [4.69, 9.17) is 15.2 Å². The van der Waals surface area contributed by atoms with Gasteiger partial charge in [0.2, 0.25) is 0 Å². The van der Waals surface area contributed by atoms with Crippen LogP contribution in [0.15, 0.2) is 48.5 Å². The molecule has 0 saturated carbocycles. The summed E-state index contributed by atoms with van der Waals surface area (Å²) >= 11 is 0. The number of hydrogen-bond donors (Lipinski definition) is 2. The van der Waals surface area contributed by atoms with Crippen molar-refractivity contribution in [2.75, 3.05) is 0 Å². The van der Waals surface area contributed by atoms with E-state index in [2.05, 4.69) is 4.98 Å². The van der Waals surface area contributed by atoms with Gasteiger partial charge in [-0.3, -0.25) is 0 Å². The van der Waals surface area contributed by atoms with E-state index >= 15 is 0 Å². The summed E-state index contributed by atoms with van der Waals surface area (Å²) in [5, 5.41) is 9.40. The molecule has 174 valence electrons. The lowest BCUT2D eigenvalue weighted by Gasteiger charge is -2.20. The minimum atomic E-state index is -1.34. The van der Waals surface area contributed by atoms with Gasteiger partial charge >= 0.3 is 5.97 Å². The van der Waals surface area contributed by atoms with E-state index in [0.717, 1.165) is 22.3 Å². The number of aryl methyl sites for hydroxylation is 1. The molecule has 6 nitrogen and oxygen atoms in total. The van der Waals surface area contributed by atoms with Gasteiger partial charge in [-0.2, -0.15) is 4.98 Å². The highest BCUT2D eigenvalue weighted by molar-refractivity contribution is 5.73. The van der Waals surface area contributed by atoms with E-state index in [0.29, 0.717) is 19.0 Å². The molecule has 1 heterocycles. The summed E-state index contributed by atoms with van der Waals surface area (Å²) in [6, 6.07) is 13.6. The van der Waals surface area contributed by atoms with Crippen molar-refractivity contribution >= 4 is 5.97 Å². The van der Waals surface area contributed by atoms with Crippen LogP contribution in [0.3, 0.4) is 0 Å². The van der Waals surface area contributed by atoms with Crippen molar-refractivity contribution in [2.24, 2.45) is 11.7 Å². The summed E-state index contributed by atoms with van der Waals surface area (Å²) in [5.74, 6) is -4.71. The summed E-state index contributed by atoms with van der Waals surface area (Å²) < 4.78 is 39.7. The van der Waals surface area contributed by atoms with E-state index in [1.165, 1.54) is 0 Å². The van der Waals surface area contributed by atoms with Gasteiger partial charge in [0.25, 0.3) is 11.8 Å². The van der Waals surface area contributed by atoms with Gasteiger partial charge < -0.3 is 20.3 Å². The van der Waals surface area contributed by atoms with Crippen LogP contribution in [0.1, 0.15) is 31.4 Å². The standard InChI is InChI=1S/C25H26F2N2O4/c1-4-15(3)22(25(30)31)33-24-21(27)12-20(26)23(29-24)32-19-9-14(2)8-18(11-19)17-7-5-6-16(10-17)13-28/h5-12,15,22H,4,13,28H2,1-3H3,(H,30,31)/t15-,22-/m1/s1. The van der Waals surface area contributed by atoms with Gasteiger partial charge in [-0.15, -0.1) is 0 Å². The number of nitrogens with two attached hydrogens (primary N) is 1. The molecular formula is C25H26F2N2O4. The van der Waals surface area contributed by atoms with E-state index < -0.39 is 41.4 Å². The first-order valence-electron chi connectivity index (χ1n) is 10.6. The topological polar surface area (TPSA) is 94.7 Å².